The highest BCUT2D eigenvalue weighted by Crippen LogP contribution is 2.22. The molecule has 0 bridgehead atoms. The van der Waals surface area contributed by atoms with Gasteiger partial charge in [0, 0.05) is 29.7 Å². The van der Waals surface area contributed by atoms with Gasteiger partial charge in [-0.1, -0.05) is 11.6 Å². The third-order valence-electron chi connectivity index (χ3n) is 2.17. The standard InChI is InChI=1S/C11H10ClN3O/c1-7-10(12)3-8(4-13-7)9-5-14-11(16-2)15-6-9/h3-6H,1-2H3. The molecule has 0 spiro atoms. The molecule has 0 N–H and O–H groups in total. The summed E-state index contributed by atoms with van der Waals surface area (Å²) in [5, 5.41) is 0.633. The molecule has 0 fully saturated rings. The molecule has 0 aliphatic heterocycles. The van der Waals surface area contributed by atoms with Crippen LogP contribution in [0.3, 0.4) is 0 Å². The van der Waals surface area contributed by atoms with E-state index in [4.69, 9.17) is 16.3 Å². The Bertz CT molecular complexity index is 499. The first-order chi connectivity index (χ1) is 7.70. The van der Waals surface area contributed by atoms with E-state index < -0.39 is 0 Å². The lowest BCUT2D eigenvalue weighted by Crippen LogP contribution is -1.92. The van der Waals surface area contributed by atoms with E-state index in [1.807, 2.05) is 13.0 Å². The Morgan fingerprint density at radius 2 is 1.69 bits per heavy atom. The van der Waals surface area contributed by atoms with Crippen LogP contribution in [-0.2, 0) is 0 Å². The highest BCUT2D eigenvalue weighted by molar-refractivity contribution is 6.31. The van der Waals surface area contributed by atoms with Gasteiger partial charge < -0.3 is 4.74 Å². The second kappa shape index (κ2) is 4.45. The summed E-state index contributed by atoms with van der Waals surface area (Å²) in [5.41, 5.74) is 2.55. The lowest BCUT2D eigenvalue weighted by Gasteiger charge is -2.03. The Morgan fingerprint density at radius 1 is 1.06 bits per heavy atom. The third kappa shape index (κ3) is 2.12. The van der Waals surface area contributed by atoms with Gasteiger partial charge in [0.05, 0.1) is 17.8 Å². The molecule has 2 aromatic heterocycles. The molecule has 0 atom stereocenters. The Balaban J connectivity index is 2.38. The zero-order valence-electron chi connectivity index (χ0n) is 8.94. The summed E-state index contributed by atoms with van der Waals surface area (Å²) >= 11 is 5.99. The SMILES string of the molecule is COc1ncc(-c2cnc(C)c(Cl)c2)cn1. The van der Waals surface area contributed by atoms with Crippen molar-refractivity contribution in [1.29, 1.82) is 0 Å². The molecule has 2 rings (SSSR count). The number of halogens is 1. The van der Waals surface area contributed by atoms with E-state index in [1.165, 1.54) is 7.11 Å². The van der Waals surface area contributed by atoms with Gasteiger partial charge in [0.2, 0.25) is 0 Å². The van der Waals surface area contributed by atoms with Gasteiger partial charge >= 0.3 is 6.01 Å². The molecule has 4 nitrogen and oxygen atoms in total. The summed E-state index contributed by atoms with van der Waals surface area (Å²) in [5.74, 6) is 0. The molecular formula is C11H10ClN3O. The van der Waals surface area contributed by atoms with Crippen LogP contribution < -0.4 is 4.74 Å². The van der Waals surface area contributed by atoms with E-state index in [0.717, 1.165) is 16.8 Å². The monoisotopic (exact) mass is 235 g/mol. The molecule has 0 saturated heterocycles. The predicted octanol–water partition coefficient (Wildman–Crippen LogP) is 2.51. The third-order valence-corrected chi connectivity index (χ3v) is 2.55. The van der Waals surface area contributed by atoms with Crippen molar-refractivity contribution in [2.45, 2.75) is 6.92 Å². The summed E-state index contributed by atoms with van der Waals surface area (Å²) in [6, 6.07) is 2.18. The number of pyridine rings is 1. The molecule has 0 aliphatic rings. The lowest BCUT2D eigenvalue weighted by atomic mass is 10.1. The van der Waals surface area contributed by atoms with Crippen molar-refractivity contribution < 1.29 is 4.74 Å². The summed E-state index contributed by atoms with van der Waals surface area (Å²) in [6.45, 7) is 1.86. The van der Waals surface area contributed by atoms with Crippen molar-refractivity contribution in [1.82, 2.24) is 15.0 Å². The first kappa shape index (κ1) is 10.8. The van der Waals surface area contributed by atoms with Crippen molar-refractivity contribution >= 4 is 11.6 Å². The highest BCUT2D eigenvalue weighted by Gasteiger charge is 2.03. The molecule has 82 valence electrons. The Hall–Kier alpha value is -1.68. The zero-order chi connectivity index (χ0) is 11.5. The van der Waals surface area contributed by atoms with Crippen molar-refractivity contribution in [3.63, 3.8) is 0 Å². The average Bonchev–Trinajstić information content (AvgIpc) is 2.33. The number of aryl methyl sites for hydroxylation is 1. The summed E-state index contributed by atoms with van der Waals surface area (Å²) < 4.78 is 4.88. The molecular weight excluding hydrogens is 226 g/mol. The fourth-order valence-electron chi connectivity index (χ4n) is 1.23. The van der Waals surface area contributed by atoms with Gasteiger partial charge in [-0.2, -0.15) is 0 Å². The largest absolute Gasteiger partial charge is 0.467 e. The van der Waals surface area contributed by atoms with E-state index in [2.05, 4.69) is 15.0 Å². The minimum Gasteiger partial charge on any atom is -0.467 e. The van der Waals surface area contributed by atoms with Gasteiger partial charge in [0.1, 0.15) is 0 Å². The van der Waals surface area contributed by atoms with Crippen LogP contribution in [-0.4, -0.2) is 22.1 Å². The van der Waals surface area contributed by atoms with E-state index in [-0.39, 0.29) is 0 Å². The van der Waals surface area contributed by atoms with Gasteiger partial charge in [-0.3, -0.25) is 4.98 Å². The highest BCUT2D eigenvalue weighted by atomic mass is 35.5. The molecule has 2 heterocycles. The molecule has 0 radical (unpaired) electrons. The quantitative estimate of drug-likeness (QED) is 0.803. The van der Waals surface area contributed by atoms with Gasteiger partial charge in [0.25, 0.3) is 0 Å². The van der Waals surface area contributed by atoms with E-state index in [9.17, 15) is 0 Å². The van der Waals surface area contributed by atoms with Crippen LogP contribution in [0.4, 0.5) is 0 Å². The van der Waals surface area contributed by atoms with Crippen molar-refractivity contribution in [2.75, 3.05) is 7.11 Å². The second-order valence-electron chi connectivity index (χ2n) is 3.25. The fraction of sp³-hybridized carbons (Fsp3) is 0.182. The van der Waals surface area contributed by atoms with Crippen LogP contribution >= 0.6 is 11.6 Å². The minimum atomic E-state index is 0.343. The topological polar surface area (TPSA) is 47.9 Å². The number of hydrogen-bond donors (Lipinski definition) is 0. The second-order valence-corrected chi connectivity index (χ2v) is 3.66. The lowest BCUT2D eigenvalue weighted by molar-refractivity contribution is 0.380. The number of nitrogens with zero attached hydrogens (tertiary/aromatic N) is 3. The van der Waals surface area contributed by atoms with E-state index in [1.54, 1.807) is 18.6 Å². The van der Waals surface area contributed by atoms with Crippen molar-refractivity contribution in [3.05, 3.63) is 35.4 Å². The molecule has 0 aliphatic carbocycles. The summed E-state index contributed by atoms with van der Waals surface area (Å²) in [6.07, 6.45) is 5.09. The summed E-state index contributed by atoms with van der Waals surface area (Å²) in [7, 11) is 1.53. The molecule has 0 unspecified atom stereocenters. The van der Waals surface area contributed by atoms with Crippen LogP contribution in [0.25, 0.3) is 11.1 Å². The number of methoxy groups -OCH3 is 1. The molecule has 0 amide bonds. The first-order valence-corrected chi connectivity index (χ1v) is 5.07. The van der Waals surface area contributed by atoms with Gasteiger partial charge in [-0.15, -0.1) is 0 Å². The Kier molecular flexibility index (Phi) is 3.01. The molecule has 0 aromatic carbocycles. The van der Waals surface area contributed by atoms with Crippen molar-refractivity contribution in [2.24, 2.45) is 0 Å². The molecule has 0 saturated carbocycles. The Labute approximate surface area is 98.3 Å². The van der Waals surface area contributed by atoms with Gasteiger partial charge in [-0.25, -0.2) is 9.97 Å². The van der Waals surface area contributed by atoms with Gasteiger partial charge in [0.15, 0.2) is 0 Å². The van der Waals surface area contributed by atoms with Crippen molar-refractivity contribution in [3.8, 4) is 17.1 Å². The zero-order valence-corrected chi connectivity index (χ0v) is 9.69. The maximum atomic E-state index is 5.99. The van der Waals surface area contributed by atoms with Crippen LogP contribution in [0, 0.1) is 6.92 Å². The predicted molar refractivity (Wildman–Crippen MR) is 61.6 cm³/mol. The van der Waals surface area contributed by atoms with E-state index >= 15 is 0 Å². The number of rotatable bonds is 2. The first-order valence-electron chi connectivity index (χ1n) is 4.69. The fourth-order valence-corrected chi connectivity index (χ4v) is 1.40. The van der Waals surface area contributed by atoms with E-state index in [0.29, 0.717) is 11.0 Å². The molecule has 16 heavy (non-hydrogen) atoms. The summed E-state index contributed by atoms with van der Waals surface area (Å²) in [4.78, 5) is 12.2. The number of ether oxygens (including phenoxy) is 1. The van der Waals surface area contributed by atoms with Gasteiger partial charge in [-0.05, 0) is 13.0 Å². The number of hydrogen-bond acceptors (Lipinski definition) is 4. The van der Waals surface area contributed by atoms with Crippen LogP contribution in [0.5, 0.6) is 6.01 Å². The normalized spacial score (nSPS) is 10.2. The Morgan fingerprint density at radius 3 is 2.25 bits per heavy atom. The maximum Gasteiger partial charge on any atom is 0.316 e. The van der Waals surface area contributed by atoms with Crippen LogP contribution in [0.2, 0.25) is 5.02 Å². The average molecular weight is 236 g/mol. The maximum absolute atomic E-state index is 5.99. The number of aromatic nitrogens is 3. The molecule has 5 heteroatoms. The minimum absolute atomic E-state index is 0.343. The van der Waals surface area contributed by atoms with Crippen LogP contribution in [0.15, 0.2) is 24.7 Å². The smallest absolute Gasteiger partial charge is 0.316 e. The van der Waals surface area contributed by atoms with Crippen LogP contribution in [0.1, 0.15) is 5.69 Å². The molecule has 2 aromatic rings.